The molecule has 0 aromatic carbocycles. The fourth-order valence-electron chi connectivity index (χ4n) is 0. The summed E-state index contributed by atoms with van der Waals surface area (Å²) >= 11 is 0. The molecule has 0 aromatic heterocycles. The Morgan fingerprint density at radius 2 is 0.172 bits per heavy atom. The van der Waals surface area contributed by atoms with Crippen LogP contribution in [0.15, 0.2) is 0 Å². The summed E-state index contributed by atoms with van der Waals surface area (Å²) in [5.74, 6) is 0. The molecule has 12 nitrogen and oxygen atoms in total. The average molecular weight is 621 g/mol. The molecule has 0 bridgehead atoms. The van der Waals surface area contributed by atoms with E-state index in [0.717, 1.165) is 0 Å². The molecule has 3 radical (unpaired) electrons. The van der Waals surface area contributed by atoms with Crippen molar-refractivity contribution in [2.24, 2.45) is 0 Å². The molecule has 17 heteroatoms. The molecular formula is C12Co2Cu3N12. The van der Waals surface area contributed by atoms with E-state index in [2.05, 4.69) is 0 Å². The summed E-state index contributed by atoms with van der Waals surface area (Å²) in [6.07, 6.45) is 0. The maximum Gasteiger partial charge on any atom is 3.00 e. The van der Waals surface area contributed by atoms with E-state index in [0.29, 0.717) is 0 Å². The van der Waals surface area contributed by atoms with E-state index in [4.69, 9.17) is 142 Å². The van der Waals surface area contributed by atoms with Crippen molar-refractivity contribution in [2.45, 2.75) is 0 Å². The van der Waals surface area contributed by atoms with Gasteiger partial charge >= 0.3 is 84.8 Å². The van der Waals surface area contributed by atoms with Crippen LogP contribution in [0.4, 0.5) is 0 Å². The predicted molar refractivity (Wildman–Crippen MR) is 59.6 cm³/mol. The zero-order valence-electron chi connectivity index (χ0n) is 12.9. The fraction of sp³-hybridized carbons (Fsp3) is 0. The van der Waals surface area contributed by atoms with Crippen LogP contribution in [0.2, 0.25) is 0 Å². The van der Waals surface area contributed by atoms with E-state index >= 15 is 0 Å². The van der Waals surface area contributed by atoms with Gasteiger partial charge in [0.25, 0.3) is 0 Å². The van der Waals surface area contributed by atoms with E-state index in [1.54, 1.807) is 0 Å². The van der Waals surface area contributed by atoms with Crippen LogP contribution >= 0.6 is 0 Å². The largest absolute Gasteiger partial charge is 3.00 e. The van der Waals surface area contributed by atoms with Gasteiger partial charge in [-0.2, -0.15) is 0 Å². The van der Waals surface area contributed by atoms with Gasteiger partial charge in [-0.25, -0.2) is 0 Å². The molecule has 0 aliphatic heterocycles. The molecule has 159 valence electrons. The molecule has 0 rings (SSSR count). The van der Waals surface area contributed by atoms with Crippen molar-refractivity contribution in [1.82, 2.24) is 0 Å². The van der Waals surface area contributed by atoms with Gasteiger partial charge in [0.2, 0.25) is 0 Å². The fourth-order valence-corrected chi connectivity index (χ4v) is 0. The van der Waals surface area contributed by atoms with E-state index in [1.807, 2.05) is 0 Å². The molecule has 29 heavy (non-hydrogen) atoms. The normalized spacial score (nSPS) is 0.828. The van der Waals surface area contributed by atoms with Crippen LogP contribution in [0, 0.1) is 142 Å². The Labute approximate surface area is 225 Å². The van der Waals surface area contributed by atoms with Crippen LogP contribution < -0.4 is 0 Å². The first-order valence-electron chi connectivity index (χ1n) is 2.68. The van der Waals surface area contributed by atoms with E-state index in [1.165, 1.54) is 0 Å². The van der Waals surface area contributed by atoms with Crippen molar-refractivity contribution in [3.8, 4) is 0 Å². The Hall–Kier alpha value is -3.55. The Morgan fingerprint density at radius 3 is 0.172 bits per heavy atom. The number of nitrogens with zero attached hydrogens (tertiary/aromatic N) is 12. The van der Waals surface area contributed by atoms with Crippen LogP contribution in [-0.4, -0.2) is 0 Å². The molecule has 0 heterocycles. The zero-order chi connectivity index (χ0) is 24.0. The van der Waals surface area contributed by atoms with Crippen LogP contribution in [0.25, 0.3) is 0 Å². The third kappa shape index (κ3) is 979. The van der Waals surface area contributed by atoms with Gasteiger partial charge in [0.05, 0.1) is 0 Å². The molecule has 0 spiro atoms. The molecule has 0 aliphatic carbocycles. The monoisotopic (exact) mass is 619 g/mol. The Morgan fingerprint density at radius 1 is 0.172 bits per heavy atom. The minimum absolute atomic E-state index is 0. The Balaban J connectivity index is -0.00000000356. The summed E-state index contributed by atoms with van der Waals surface area (Å²) in [5, 5.41) is 75.0. The van der Waals surface area contributed by atoms with Gasteiger partial charge in [-0.05, 0) is 0 Å². The van der Waals surface area contributed by atoms with Crippen molar-refractivity contribution < 1.29 is 84.8 Å². The van der Waals surface area contributed by atoms with Gasteiger partial charge < -0.3 is 142 Å². The number of rotatable bonds is 0. The van der Waals surface area contributed by atoms with E-state index in [9.17, 15) is 0 Å². The van der Waals surface area contributed by atoms with Gasteiger partial charge in [-0.1, -0.05) is 0 Å². The van der Waals surface area contributed by atoms with Crippen LogP contribution in [0.3, 0.4) is 0 Å². The standard InChI is InChI=1S/12CN.2Co.3Cu/c12*1-2;;;;;/q12*-1;2*+3;3*+2. The number of hydrogen-bond donors (Lipinski definition) is 0. The summed E-state index contributed by atoms with van der Waals surface area (Å²) in [6.45, 7) is 57.0. The summed E-state index contributed by atoms with van der Waals surface area (Å²) in [5.41, 5.74) is 0. The smallest absolute Gasteiger partial charge is 0.512 e. The maximum absolute atomic E-state index is 6.25. The third-order valence-corrected chi connectivity index (χ3v) is 0. The molecule has 0 saturated heterocycles. The van der Waals surface area contributed by atoms with Gasteiger partial charge in [-0.3, -0.25) is 0 Å². The number of hydrogen-bond acceptors (Lipinski definition) is 12. The van der Waals surface area contributed by atoms with Crippen LogP contribution in [0.1, 0.15) is 0 Å². The van der Waals surface area contributed by atoms with E-state index in [-0.39, 0.29) is 84.8 Å². The maximum atomic E-state index is 6.25. The Kier molecular flexibility index (Phi) is 7850. The first kappa shape index (κ1) is 213. The van der Waals surface area contributed by atoms with Crippen molar-refractivity contribution >= 4 is 0 Å². The SMILES string of the molecule is [C-]#N.[C-]#N.[C-]#N.[C-]#N.[C-]#N.[C-]#N.[C-]#N.[C-]#N.[C-]#N.[C-]#N.[C-]#N.[C-]#N.[Co+3].[Co+3].[Cu+2].[Cu+2].[Cu+2]. The second kappa shape index (κ2) is 1070. The molecule has 0 amide bonds. The molecule has 0 aliphatic rings. The van der Waals surface area contributed by atoms with Gasteiger partial charge in [0, 0.05) is 0 Å². The molecule has 0 saturated carbocycles. The second-order valence-electron chi connectivity index (χ2n) is 0. The second-order valence-corrected chi connectivity index (χ2v) is 0. The van der Waals surface area contributed by atoms with Gasteiger partial charge in [-0.15, -0.1) is 0 Å². The van der Waals surface area contributed by atoms with Crippen molar-refractivity contribution in [2.75, 3.05) is 0 Å². The molecule has 0 N–H and O–H groups in total. The molecule has 0 aromatic rings. The minimum Gasteiger partial charge on any atom is -0.512 e. The Bertz CT molecular complexity index is 234. The minimum atomic E-state index is 0. The first-order chi connectivity index (χ1) is 12.0. The quantitative estimate of drug-likeness (QED) is 0.272. The topological polar surface area (TPSA) is 285 Å². The van der Waals surface area contributed by atoms with Crippen molar-refractivity contribution in [3.63, 3.8) is 0 Å². The van der Waals surface area contributed by atoms with Crippen molar-refractivity contribution in [3.05, 3.63) is 78.9 Å². The first-order valence-corrected chi connectivity index (χ1v) is 2.68. The van der Waals surface area contributed by atoms with Gasteiger partial charge in [0.15, 0.2) is 0 Å². The van der Waals surface area contributed by atoms with Crippen molar-refractivity contribution in [1.29, 1.82) is 63.1 Å². The zero-order valence-corrected chi connectivity index (χ0v) is 17.8. The molecule has 0 atom stereocenters. The third-order valence-electron chi connectivity index (χ3n) is 0. The van der Waals surface area contributed by atoms with Gasteiger partial charge in [0.1, 0.15) is 0 Å². The van der Waals surface area contributed by atoms with Crippen LogP contribution in [0.5, 0.6) is 0 Å². The summed E-state index contributed by atoms with van der Waals surface area (Å²) in [6, 6.07) is 0. The van der Waals surface area contributed by atoms with E-state index < -0.39 is 0 Å². The summed E-state index contributed by atoms with van der Waals surface area (Å²) in [7, 11) is 0. The average Bonchev–Trinajstić information content (AvgIpc) is 2.84. The molecule has 0 fully saturated rings. The predicted octanol–water partition coefficient (Wildman–Crippen LogP) is 1.14. The van der Waals surface area contributed by atoms with Crippen LogP contribution in [-0.2, 0) is 84.8 Å². The summed E-state index contributed by atoms with van der Waals surface area (Å²) in [4.78, 5) is 0. The summed E-state index contributed by atoms with van der Waals surface area (Å²) < 4.78 is 0. The molecular weight excluding hydrogens is 621 g/mol. The molecule has 0 unspecified atom stereocenters.